The number of hydrogen-bond donors (Lipinski definition) is 1. The molecule has 94 valence electrons. The Morgan fingerprint density at radius 2 is 1.94 bits per heavy atom. The maximum atomic E-state index is 12.8. The largest absolute Gasteiger partial charge is 0.477 e. The lowest BCUT2D eigenvalue weighted by atomic mass is 10.1. The molecule has 1 aromatic heterocycles. The highest BCUT2D eigenvalue weighted by molar-refractivity contribution is 6.31. The lowest BCUT2D eigenvalue weighted by Crippen LogP contribution is -2.10. The first kappa shape index (κ1) is 12.6. The molecule has 0 radical (unpaired) electrons. The van der Waals surface area contributed by atoms with E-state index in [1.807, 2.05) is 0 Å². The first-order chi connectivity index (χ1) is 8.29. The molecule has 0 atom stereocenters. The van der Waals surface area contributed by atoms with Crippen LogP contribution in [-0.2, 0) is 6.18 Å². The van der Waals surface area contributed by atoms with Crippen molar-refractivity contribution in [3.63, 3.8) is 0 Å². The first-order valence-corrected chi connectivity index (χ1v) is 5.07. The SMILES string of the molecule is O=C(O)c1cc(C(F)(F)F)c2cc(Cl)ccc2n1. The average Bonchev–Trinajstić information content (AvgIpc) is 2.26. The van der Waals surface area contributed by atoms with Gasteiger partial charge in [-0.25, -0.2) is 9.78 Å². The van der Waals surface area contributed by atoms with E-state index in [1.165, 1.54) is 12.1 Å². The summed E-state index contributed by atoms with van der Waals surface area (Å²) in [5.41, 5.74) is -1.78. The highest BCUT2D eigenvalue weighted by Gasteiger charge is 2.34. The summed E-state index contributed by atoms with van der Waals surface area (Å²) in [5.74, 6) is -1.52. The predicted molar refractivity (Wildman–Crippen MR) is 58.7 cm³/mol. The van der Waals surface area contributed by atoms with Crippen LogP contribution in [0.25, 0.3) is 10.9 Å². The Kier molecular flexibility index (Phi) is 2.90. The molecule has 0 bridgehead atoms. The zero-order valence-electron chi connectivity index (χ0n) is 8.62. The summed E-state index contributed by atoms with van der Waals surface area (Å²) in [6, 6.07) is 4.21. The molecule has 0 aliphatic rings. The van der Waals surface area contributed by atoms with Crippen molar-refractivity contribution >= 4 is 28.5 Å². The van der Waals surface area contributed by atoms with Gasteiger partial charge < -0.3 is 5.11 Å². The fraction of sp³-hybridized carbons (Fsp3) is 0.0909. The maximum absolute atomic E-state index is 12.8. The Bertz CT molecular complexity index is 640. The van der Waals surface area contributed by atoms with Gasteiger partial charge in [-0.1, -0.05) is 11.6 Å². The van der Waals surface area contributed by atoms with E-state index in [9.17, 15) is 18.0 Å². The lowest BCUT2D eigenvalue weighted by Gasteiger charge is -2.11. The van der Waals surface area contributed by atoms with E-state index in [1.54, 1.807) is 0 Å². The predicted octanol–water partition coefficient (Wildman–Crippen LogP) is 3.61. The van der Waals surface area contributed by atoms with Crippen LogP contribution in [0.3, 0.4) is 0 Å². The minimum Gasteiger partial charge on any atom is -0.477 e. The molecule has 3 nitrogen and oxygen atoms in total. The second kappa shape index (κ2) is 4.13. The summed E-state index contributed by atoms with van der Waals surface area (Å²) < 4.78 is 38.5. The lowest BCUT2D eigenvalue weighted by molar-refractivity contribution is -0.136. The van der Waals surface area contributed by atoms with Gasteiger partial charge in [-0.15, -0.1) is 0 Å². The van der Waals surface area contributed by atoms with Crippen molar-refractivity contribution < 1.29 is 23.1 Å². The molecule has 18 heavy (non-hydrogen) atoms. The third kappa shape index (κ3) is 2.24. The van der Waals surface area contributed by atoms with Gasteiger partial charge in [-0.05, 0) is 24.3 Å². The number of aromatic nitrogens is 1. The van der Waals surface area contributed by atoms with Crippen LogP contribution in [0, 0.1) is 0 Å². The van der Waals surface area contributed by atoms with Crippen molar-refractivity contribution in [1.29, 1.82) is 0 Å². The molecule has 2 aromatic rings. The maximum Gasteiger partial charge on any atom is 0.417 e. The molecule has 0 amide bonds. The minimum atomic E-state index is -4.67. The summed E-state index contributed by atoms with van der Waals surface area (Å²) >= 11 is 5.63. The van der Waals surface area contributed by atoms with Crippen molar-refractivity contribution in [2.45, 2.75) is 6.18 Å². The zero-order valence-corrected chi connectivity index (χ0v) is 9.38. The number of pyridine rings is 1. The molecule has 0 aliphatic carbocycles. The summed E-state index contributed by atoms with van der Waals surface area (Å²) in [6.45, 7) is 0. The van der Waals surface area contributed by atoms with E-state index >= 15 is 0 Å². The molecule has 1 heterocycles. The van der Waals surface area contributed by atoms with Gasteiger partial charge >= 0.3 is 12.1 Å². The van der Waals surface area contributed by atoms with Gasteiger partial charge in [0.25, 0.3) is 0 Å². The van der Waals surface area contributed by atoms with E-state index in [2.05, 4.69) is 4.98 Å². The summed E-state index contributed by atoms with van der Waals surface area (Å²) in [5, 5.41) is 8.63. The number of alkyl halides is 3. The number of carbonyl (C=O) groups is 1. The van der Waals surface area contributed by atoms with Crippen LogP contribution < -0.4 is 0 Å². The molecule has 0 saturated heterocycles. The van der Waals surface area contributed by atoms with Gasteiger partial charge in [0.15, 0.2) is 0 Å². The molecule has 0 saturated carbocycles. The van der Waals surface area contributed by atoms with Crippen molar-refractivity contribution in [2.75, 3.05) is 0 Å². The number of carboxylic acids is 1. The number of nitrogens with zero attached hydrogens (tertiary/aromatic N) is 1. The minimum absolute atomic E-state index is 0.0633. The molecule has 1 aromatic carbocycles. The molecule has 7 heteroatoms. The standard InChI is InChI=1S/C11H5ClF3NO2/c12-5-1-2-8-6(3-5)7(11(13,14)15)4-9(16-8)10(17)18/h1-4H,(H,17,18). The molecule has 0 unspecified atom stereocenters. The van der Waals surface area contributed by atoms with Crippen molar-refractivity contribution in [3.05, 3.63) is 40.5 Å². The first-order valence-electron chi connectivity index (χ1n) is 4.70. The zero-order chi connectivity index (χ0) is 13.5. The van der Waals surface area contributed by atoms with E-state index in [4.69, 9.17) is 16.7 Å². The van der Waals surface area contributed by atoms with Gasteiger partial charge in [-0.2, -0.15) is 13.2 Å². The van der Waals surface area contributed by atoms with Crippen LogP contribution in [0.4, 0.5) is 13.2 Å². The Balaban J connectivity index is 2.86. The quantitative estimate of drug-likeness (QED) is 0.865. The molecule has 1 N–H and O–H groups in total. The van der Waals surface area contributed by atoms with E-state index in [0.717, 1.165) is 6.07 Å². The normalized spacial score (nSPS) is 11.8. The van der Waals surface area contributed by atoms with Crippen molar-refractivity contribution in [2.24, 2.45) is 0 Å². The van der Waals surface area contributed by atoms with Gasteiger partial charge in [0.05, 0.1) is 11.1 Å². The van der Waals surface area contributed by atoms with E-state index in [-0.39, 0.29) is 15.9 Å². The van der Waals surface area contributed by atoms with Crippen molar-refractivity contribution in [3.8, 4) is 0 Å². The van der Waals surface area contributed by atoms with Crippen LogP contribution in [0.5, 0.6) is 0 Å². The van der Waals surface area contributed by atoms with Crippen LogP contribution in [0.1, 0.15) is 16.1 Å². The monoisotopic (exact) mass is 275 g/mol. The van der Waals surface area contributed by atoms with Gasteiger partial charge in [-0.3, -0.25) is 0 Å². The highest BCUT2D eigenvalue weighted by Crippen LogP contribution is 2.35. The second-order valence-electron chi connectivity index (χ2n) is 3.52. The topological polar surface area (TPSA) is 50.2 Å². The number of hydrogen-bond acceptors (Lipinski definition) is 2. The molecule has 2 rings (SSSR count). The summed E-state index contributed by atoms with van der Waals surface area (Å²) in [4.78, 5) is 14.4. The van der Waals surface area contributed by atoms with Crippen LogP contribution in [0.15, 0.2) is 24.3 Å². The van der Waals surface area contributed by atoms with Gasteiger partial charge in [0, 0.05) is 10.4 Å². The van der Waals surface area contributed by atoms with Gasteiger partial charge in [0.2, 0.25) is 0 Å². The second-order valence-corrected chi connectivity index (χ2v) is 3.96. The molecule has 0 fully saturated rings. The number of rotatable bonds is 1. The molecular formula is C11H5ClF3NO2. The third-order valence-electron chi connectivity index (χ3n) is 2.30. The average molecular weight is 276 g/mol. The van der Waals surface area contributed by atoms with E-state index in [0.29, 0.717) is 6.07 Å². The third-order valence-corrected chi connectivity index (χ3v) is 2.53. The molecule has 0 spiro atoms. The van der Waals surface area contributed by atoms with Crippen LogP contribution in [0.2, 0.25) is 5.02 Å². The highest BCUT2D eigenvalue weighted by atomic mass is 35.5. The Morgan fingerprint density at radius 1 is 1.28 bits per heavy atom. The smallest absolute Gasteiger partial charge is 0.417 e. The summed E-state index contributed by atoms with van der Waals surface area (Å²) in [6.07, 6.45) is -4.67. The van der Waals surface area contributed by atoms with Crippen molar-refractivity contribution in [1.82, 2.24) is 4.98 Å². The fourth-order valence-electron chi connectivity index (χ4n) is 1.54. The number of carboxylic acid groups (broad SMARTS) is 1. The number of fused-ring (bicyclic) bond motifs is 1. The Hall–Kier alpha value is -1.82. The fourth-order valence-corrected chi connectivity index (χ4v) is 1.71. The molecule has 0 aliphatic heterocycles. The molecular weight excluding hydrogens is 271 g/mol. The Morgan fingerprint density at radius 3 is 2.50 bits per heavy atom. The van der Waals surface area contributed by atoms with Crippen LogP contribution >= 0.6 is 11.6 Å². The van der Waals surface area contributed by atoms with E-state index < -0.39 is 23.4 Å². The van der Waals surface area contributed by atoms with Gasteiger partial charge in [0.1, 0.15) is 5.69 Å². The number of benzene rings is 1. The number of halogens is 4. The summed E-state index contributed by atoms with van der Waals surface area (Å²) in [7, 11) is 0. The Labute approximate surface area is 104 Å². The number of aromatic carboxylic acids is 1. The van der Waals surface area contributed by atoms with Crippen LogP contribution in [-0.4, -0.2) is 16.1 Å².